The maximum Gasteiger partial charge on any atom is 0.317 e. The van der Waals surface area contributed by atoms with Crippen molar-refractivity contribution in [1.29, 1.82) is 0 Å². The second-order valence-electron chi connectivity index (χ2n) is 9.22. The highest BCUT2D eigenvalue weighted by Crippen LogP contribution is 2.36. The van der Waals surface area contributed by atoms with Gasteiger partial charge in [-0.15, -0.1) is 0 Å². The monoisotopic (exact) mass is 447 g/mol. The Kier molecular flexibility index (Phi) is 7.39. The van der Waals surface area contributed by atoms with E-state index in [1.807, 2.05) is 29.2 Å². The van der Waals surface area contributed by atoms with Crippen molar-refractivity contribution in [1.82, 2.24) is 15.5 Å². The quantitative estimate of drug-likeness (QED) is 0.732. The number of benzene rings is 1. The fourth-order valence-electron chi connectivity index (χ4n) is 5.22. The molecule has 170 valence electrons. The van der Waals surface area contributed by atoms with Crippen LogP contribution in [0, 0.1) is 0 Å². The molecule has 0 spiro atoms. The zero-order valence-electron chi connectivity index (χ0n) is 18.2. The topological polar surface area (TPSA) is 70.7 Å². The Labute approximate surface area is 190 Å². The molecule has 0 unspecified atom stereocenters. The van der Waals surface area contributed by atoms with Gasteiger partial charge in [0.1, 0.15) is 0 Å². The van der Waals surface area contributed by atoms with E-state index in [1.165, 1.54) is 19.3 Å². The average molecular weight is 448 g/mol. The van der Waals surface area contributed by atoms with Crippen molar-refractivity contribution >= 4 is 23.5 Å². The highest BCUT2D eigenvalue weighted by Gasteiger charge is 2.42. The molecule has 2 heterocycles. The van der Waals surface area contributed by atoms with Crippen molar-refractivity contribution in [2.75, 3.05) is 26.3 Å². The first-order valence-electron chi connectivity index (χ1n) is 11.8. The molecule has 3 amide bonds. The van der Waals surface area contributed by atoms with E-state index in [9.17, 15) is 9.59 Å². The van der Waals surface area contributed by atoms with Crippen molar-refractivity contribution in [3.63, 3.8) is 0 Å². The number of carbonyl (C=O) groups is 2. The van der Waals surface area contributed by atoms with Crippen LogP contribution in [0.4, 0.5) is 4.79 Å². The largest absolute Gasteiger partial charge is 0.381 e. The van der Waals surface area contributed by atoms with Gasteiger partial charge in [0.05, 0.1) is 5.41 Å². The molecule has 0 bridgehead atoms. The first-order valence-corrected chi connectivity index (χ1v) is 12.1. The van der Waals surface area contributed by atoms with E-state index < -0.39 is 5.41 Å². The Bertz CT molecular complexity index is 767. The zero-order chi connectivity index (χ0) is 21.7. The second kappa shape index (κ2) is 10.2. The lowest BCUT2D eigenvalue weighted by molar-refractivity contribution is -0.131. The number of ether oxygens (including phenoxy) is 1. The van der Waals surface area contributed by atoms with Crippen LogP contribution in [0.25, 0.3) is 0 Å². The van der Waals surface area contributed by atoms with Crippen molar-refractivity contribution in [3.05, 3.63) is 34.9 Å². The summed E-state index contributed by atoms with van der Waals surface area (Å²) in [5.74, 6) is 0.0585. The molecular weight excluding hydrogens is 414 g/mol. The predicted molar refractivity (Wildman–Crippen MR) is 121 cm³/mol. The van der Waals surface area contributed by atoms with E-state index in [-0.39, 0.29) is 18.0 Å². The summed E-state index contributed by atoms with van der Waals surface area (Å²) >= 11 is 6.23. The molecule has 1 aromatic carbocycles. The van der Waals surface area contributed by atoms with Crippen LogP contribution in [0.3, 0.4) is 0 Å². The SMILES string of the molecule is O=C(NC1CCCCC1)N1CCC(NC(=O)C2(c3cccc(Cl)c3)CCOCC2)CC1. The van der Waals surface area contributed by atoms with Crippen LogP contribution in [0.1, 0.15) is 63.4 Å². The third-order valence-electron chi connectivity index (χ3n) is 7.21. The molecule has 0 aromatic heterocycles. The van der Waals surface area contributed by atoms with Gasteiger partial charge in [-0.2, -0.15) is 0 Å². The van der Waals surface area contributed by atoms with Gasteiger partial charge in [0.15, 0.2) is 0 Å². The molecule has 3 aliphatic rings. The van der Waals surface area contributed by atoms with Crippen molar-refractivity contribution in [2.45, 2.75) is 75.3 Å². The van der Waals surface area contributed by atoms with E-state index in [1.54, 1.807) is 0 Å². The number of hydrogen-bond acceptors (Lipinski definition) is 3. The first kappa shape index (κ1) is 22.4. The van der Waals surface area contributed by atoms with Crippen LogP contribution < -0.4 is 10.6 Å². The van der Waals surface area contributed by atoms with Gasteiger partial charge >= 0.3 is 6.03 Å². The molecule has 2 aliphatic heterocycles. The van der Waals surface area contributed by atoms with Crippen LogP contribution in [0.5, 0.6) is 0 Å². The summed E-state index contributed by atoms with van der Waals surface area (Å²) in [5.41, 5.74) is 0.364. The molecular formula is C24H34ClN3O3. The van der Waals surface area contributed by atoms with Gasteiger partial charge < -0.3 is 20.3 Å². The van der Waals surface area contributed by atoms with Crippen LogP contribution >= 0.6 is 11.6 Å². The van der Waals surface area contributed by atoms with Gasteiger partial charge in [0.25, 0.3) is 0 Å². The summed E-state index contributed by atoms with van der Waals surface area (Å²) in [6, 6.07) is 8.11. The van der Waals surface area contributed by atoms with E-state index in [0.717, 1.165) is 31.2 Å². The number of nitrogens with zero attached hydrogens (tertiary/aromatic N) is 1. The summed E-state index contributed by atoms with van der Waals surface area (Å²) in [4.78, 5) is 28.0. The van der Waals surface area contributed by atoms with Crippen LogP contribution in [-0.2, 0) is 14.9 Å². The molecule has 4 rings (SSSR count). The first-order chi connectivity index (χ1) is 15.1. The lowest BCUT2D eigenvalue weighted by Crippen LogP contribution is -2.55. The van der Waals surface area contributed by atoms with Crippen molar-refractivity contribution in [2.24, 2.45) is 0 Å². The number of hydrogen-bond donors (Lipinski definition) is 2. The third-order valence-corrected chi connectivity index (χ3v) is 7.44. The molecule has 0 atom stereocenters. The van der Waals surface area contributed by atoms with Crippen molar-refractivity contribution in [3.8, 4) is 0 Å². The van der Waals surface area contributed by atoms with E-state index >= 15 is 0 Å². The molecule has 0 radical (unpaired) electrons. The molecule has 31 heavy (non-hydrogen) atoms. The molecule has 6 nitrogen and oxygen atoms in total. The molecule has 1 aliphatic carbocycles. The van der Waals surface area contributed by atoms with Gasteiger partial charge in [-0.3, -0.25) is 4.79 Å². The number of carbonyl (C=O) groups excluding carboxylic acids is 2. The summed E-state index contributed by atoms with van der Waals surface area (Å²) in [6.45, 7) is 2.49. The standard InChI is InChI=1S/C24H34ClN3O3/c25-19-6-4-5-18(17-19)24(11-15-31-16-12-24)22(29)26-21-9-13-28(14-10-21)23(30)27-20-7-2-1-3-8-20/h4-6,17,20-21H,1-3,7-16H2,(H,26,29)(H,27,30). The predicted octanol–water partition coefficient (Wildman–Crippen LogP) is 4.01. The minimum atomic E-state index is -0.599. The Morgan fingerprint density at radius 1 is 0.968 bits per heavy atom. The Morgan fingerprint density at radius 2 is 1.65 bits per heavy atom. The zero-order valence-corrected chi connectivity index (χ0v) is 19.0. The fourth-order valence-corrected chi connectivity index (χ4v) is 5.41. The average Bonchev–Trinajstić information content (AvgIpc) is 2.80. The lowest BCUT2D eigenvalue weighted by atomic mass is 9.73. The number of amides is 3. The van der Waals surface area contributed by atoms with Crippen LogP contribution in [-0.4, -0.2) is 55.2 Å². The van der Waals surface area contributed by atoms with Crippen molar-refractivity contribution < 1.29 is 14.3 Å². The fraction of sp³-hybridized carbons (Fsp3) is 0.667. The number of halogens is 1. The smallest absolute Gasteiger partial charge is 0.317 e. The Hall–Kier alpha value is -1.79. The normalized spacial score (nSPS) is 22.7. The maximum atomic E-state index is 13.5. The van der Waals surface area contributed by atoms with Gasteiger partial charge in [-0.1, -0.05) is 43.0 Å². The van der Waals surface area contributed by atoms with E-state index in [0.29, 0.717) is 50.2 Å². The number of urea groups is 1. The van der Waals surface area contributed by atoms with Gasteiger partial charge in [0.2, 0.25) is 5.91 Å². The molecule has 2 saturated heterocycles. The molecule has 7 heteroatoms. The molecule has 3 fully saturated rings. The number of rotatable bonds is 4. The van der Waals surface area contributed by atoms with E-state index in [2.05, 4.69) is 10.6 Å². The number of likely N-dealkylation sites (tertiary alicyclic amines) is 1. The second-order valence-corrected chi connectivity index (χ2v) is 9.66. The lowest BCUT2D eigenvalue weighted by Gasteiger charge is -2.39. The molecule has 1 aromatic rings. The van der Waals surface area contributed by atoms with E-state index in [4.69, 9.17) is 16.3 Å². The molecule has 1 saturated carbocycles. The van der Waals surface area contributed by atoms with Gasteiger partial charge in [0, 0.05) is 43.4 Å². The van der Waals surface area contributed by atoms with Gasteiger partial charge in [-0.25, -0.2) is 4.79 Å². The van der Waals surface area contributed by atoms with Crippen LogP contribution in [0.15, 0.2) is 24.3 Å². The summed E-state index contributed by atoms with van der Waals surface area (Å²) < 4.78 is 5.56. The highest BCUT2D eigenvalue weighted by molar-refractivity contribution is 6.30. The highest BCUT2D eigenvalue weighted by atomic mass is 35.5. The minimum absolute atomic E-state index is 0.0523. The summed E-state index contributed by atoms with van der Waals surface area (Å²) in [5, 5.41) is 7.14. The van der Waals surface area contributed by atoms with Gasteiger partial charge in [-0.05, 0) is 56.2 Å². The summed E-state index contributed by atoms with van der Waals surface area (Å²) in [6.07, 6.45) is 8.75. The minimum Gasteiger partial charge on any atom is -0.381 e. The van der Waals surface area contributed by atoms with Crippen LogP contribution in [0.2, 0.25) is 5.02 Å². The maximum absolute atomic E-state index is 13.5. The summed E-state index contributed by atoms with van der Waals surface area (Å²) in [7, 11) is 0. The number of piperidine rings is 1. The Balaban J connectivity index is 1.33. The Morgan fingerprint density at radius 3 is 2.32 bits per heavy atom. The molecule has 2 N–H and O–H groups in total. The third kappa shape index (κ3) is 5.35. The number of nitrogens with one attached hydrogen (secondary N) is 2.